The van der Waals surface area contributed by atoms with Crippen LogP contribution in [0, 0.1) is 12.8 Å². The van der Waals surface area contributed by atoms with Gasteiger partial charge >= 0.3 is 0 Å². The van der Waals surface area contributed by atoms with Crippen LogP contribution in [0.25, 0.3) is 0 Å². The van der Waals surface area contributed by atoms with E-state index >= 15 is 0 Å². The number of aryl methyl sites for hydroxylation is 1. The maximum Gasteiger partial charge on any atom is 0.240 e. The lowest BCUT2D eigenvalue weighted by atomic mass is 9.91. The molecule has 1 unspecified atom stereocenters. The molecular weight excluding hydrogens is 352 g/mol. The van der Waals surface area contributed by atoms with Crippen LogP contribution in [0.2, 0.25) is 0 Å². The van der Waals surface area contributed by atoms with Gasteiger partial charge in [-0.3, -0.25) is 0 Å². The minimum absolute atomic E-state index is 0.211. The van der Waals surface area contributed by atoms with Crippen LogP contribution >= 0.6 is 0 Å². The van der Waals surface area contributed by atoms with Crippen LogP contribution in [0.1, 0.15) is 35.6 Å². The van der Waals surface area contributed by atoms with Crippen molar-refractivity contribution < 1.29 is 13.2 Å². The molecule has 0 fully saturated rings. The van der Waals surface area contributed by atoms with E-state index in [0.717, 1.165) is 67.2 Å². The molecule has 2 heterocycles. The summed E-state index contributed by atoms with van der Waals surface area (Å²) < 4.78 is 36.2. The van der Waals surface area contributed by atoms with Crippen molar-refractivity contribution in [1.29, 1.82) is 0 Å². The largest absolute Gasteiger partial charge is 0.496 e. The maximum atomic E-state index is 13.0. The number of nitrogens with zero attached hydrogens (tertiary/aromatic N) is 3. The highest BCUT2D eigenvalue weighted by molar-refractivity contribution is 7.89. The highest BCUT2D eigenvalue weighted by Crippen LogP contribution is 2.34. The van der Waals surface area contributed by atoms with Crippen LogP contribution in [0.15, 0.2) is 17.0 Å². The van der Waals surface area contributed by atoms with Gasteiger partial charge in [0.15, 0.2) is 0 Å². The Morgan fingerprint density at radius 2 is 2.00 bits per heavy atom. The predicted octanol–water partition coefficient (Wildman–Crippen LogP) is 1.62. The molecular formula is C18H24N4O3S. The molecule has 0 spiro atoms. The molecule has 4 rings (SSSR count). The third-order valence-electron chi connectivity index (χ3n) is 5.44. The van der Waals surface area contributed by atoms with Gasteiger partial charge in [0.05, 0.1) is 12.0 Å². The Kier molecular flexibility index (Phi) is 4.48. The number of methoxy groups -OCH3 is 1. The van der Waals surface area contributed by atoms with Crippen LogP contribution < -0.4 is 9.46 Å². The van der Waals surface area contributed by atoms with Crippen LogP contribution in [-0.2, 0) is 35.8 Å². The summed E-state index contributed by atoms with van der Waals surface area (Å²) in [6.07, 6.45) is 4.49. The molecule has 7 nitrogen and oxygen atoms in total. The lowest BCUT2D eigenvalue weighted by Crippen LogP contribution is -2.31. The van der Waals surface area contributed by atoms with E-state index in [1.807, 2.05) is 6.92 Å². The van der Waals surface area contributed by atoms with Crippen molar-refractivity contribution in [3.63, 3.8) is 0 Å². The molecule has 0 amide bonds. The molecule has 0 saturated heterocycles. The Bertz CT molecular complexity index is 936. The van der Waals surface area contributed by atoms with E-state index < -0.39 is 10.0 Å². The number of nitrogens with one attached hydrogen (secondary N) is 1. The second-order valence-corrected chi connectivity index (χ2v) is 8.86. The molecule has 140 valence electrons. The number of rotatable bonds is 5. The lowest BCUT2D eigenvalue weighted by molar-refractivity contribution is 0.405. The van der Waals surface area contributed by atoms with Crippen molar-refractivity contribution in [3.8, 4) is 5.75 Å². The van der Waals surface area contributed by atoms with Gasteiger partial charge in [0, 0.05) is 19.5 Å². The summed E-state index contributed by atoms with van der Waals surface area (Å²) in [7, 11) is -1.91. The Hall–Kier alpha value is -1.93. The van der Waals surface area contributed by atoms with Gasteiger partial charge in [0.1, 0.15) is 17.4 Å². The summed E-state index contributed by atoms with van der Waals surface area (Å²) in [4.78, 5) is 0.404. The van der Waals surface area contributed by atoms with Gasteiger partial charge in [0.2, 0.25) is 10.0 Å². The van der Waals surface area contributed by atoms with E-state index in [0.29, 0.717) is 11.4 Å². The fourth-order valence-electron chi connectivity index (χ4n) is 4.08. The van der Waals surface area contributed by atoms with Crippen molar-refractivity contribution in [2.24, 2.45) is 5.92 Å². The first kappa shape index (κ1) is 17.5. The van der Waals surface area contributed by atoms with E-state index in [1.165, 1.54) is 0 Å². The first-order valence-corrected chi connectivity index (χ1v) is 10.5. The standard InChI is InChI=1S/C18H24N4O3S/c1-12-20-21-18-9-13(11-22(12)18)10-19-26(23,24)17-8-7-16(25-2)14-5-3-4-6-15(14)17/h7-8,13,19H,3-6,9-11H2,1-2H3. The molecule has 8 heteroatoms. The normalized spacial score (nSPS) is 19.2. The molecule has 1 N–H and O–H groups in total. The molecule has 26 heavy (non-hydrogen) atoms. The number of fused-ring (bicyclic) bond motifs is 2. The molecule has 1 atom stereocenters. The molecule has 1 aliphatic heterocycles. The second kappa shape index (κ2) is 6.66. The van der Waals surface area contributed by atoms with Gasteiger partial charge in [-0.25, -0.2) is 13.1 Å². The van der Waals surface area contributed by atoms with Crippen molar-refractivity contribution in [3.05, 3.63) is 34.9 Å². The number of hydrogen-bond donors (Lipinski definition) is 1. The smallest absolute Gasteiger partial charge is 0.240 e. The van der Waals surface area contributed by atoms with Gasteiger partial charge in [0.25, 0.3) is 0 Å². The zero-order chi connectivity index (χ0) is 18.3. The zero-order valence-electron chi connectivity index (χ0n) is 15.2. The average molecular weight is 376 g/mol. The number of hydrogen-bond acceptors (Lipinski definition) is 5. The topological polar surface area (TPSA) is 86.1 Å². The van der Waals surface area contributed by atoms with Gasteiger partial charge in [-0.1, -0.05) is 0 Å². The summed E-state index contributed by atoms with van der Waals surface area (Å²) in [6.45, 7) is 3.09. The Balaban J connectivity index is 1.52. The van der Waals surface area contributed by atoms with E-state index in [1.54, 1.807) is 19.2 Å². The fraction of sp³-hybridized carbons (Fsp3) is 0.556. The summed E-state index contributed by atoms with van der Waals surface area (Å²) in [5.74, 6) is 2.83. The van der Waals surface area contributed by atoms with Crippen LogP contribution in [0.5, 0.6) is 5.75 Å². The fourth-order valence-corrected chi connectivity index (χ4v) is 5.49. The summed E-state index contributed by atoms with van der Waals surface area (Å²) in [6, 6.07) is 3.46. The Labute approximate surface area is 153 Å². The number of aromatic nitrogens is 3. The van der Waals surface area contributed by atoms with Crippen molar-refractivity contribution in [1.82, 2.24) is 19.5 Å². The SMILES string of the molecule is COc1ccc(S(=O)(=O)NCC2Cc3nnc(C)n3C2)c2c1CCCC2. The van der Waals surface area contributed by atoms with E-state index in [-0.39, 0.29) is 5.92 Å². The third-order valence-corrected chi connectivity index (χ3v) is 6.95. The highest BCUT2D eigenvalue weighted by atomic mass is 32.2. The van der Waals surface area contributed by atoms with E-state index in [9.17, 15) is 8.42 Å². The van der Waals surface area contributed by atoms with Crippen molar-refractivity contribution in [2.45, 2.75) is 50.5 Å². The van der Waals surface area contributed by atoms with Crippen molar-refractivity contribution in [2.75, 3.05) is 13.7 Å². The first-order valence-electron chi connectivity index (χ1n) is 9.06. The number of benzene rings is 1. The lowest BCUT2D eigenvalue weighted by Gasteiger charge is -2.22. The van der Waals surface area contributed by atoms with Crippen LogP contribution in [0.4, 0.5) is 0 Å². The predicted molar refractivity (Wildman–Crippen MR) is 96.8 cm³/mol. The molecule has 2 aliphatic rings. The molecule has 1 aromatic heterocycles. The molecule has 2 aromatic rings. The molecule has 0 radical (unpaired) electrons. The average Bonchev–Trinajstić information content (AvgIpc) is 3.21. The Morgan fingerprint density at radius 3 is 2.73 bits per heavy atom. The molecule has 1 aromatic carbocycles. The molecule has 0 bridgehead atoms. The van der Waals surface area contributed by atoms with Crippen LogP contribution in [-0.4, -0.2) is 36.8 Å². The van der Waals surface area contributed by atoms with Gasteiger partial charge < -0.3 is 9.30 Å². The van der Waals surface area contributed by atoms with Crippen LogP contribution in [0.3, 0.4) is 0 Å². The third kappa shape index (κ3) is 3.01. The first-order chi connectivity index (χ1) is 12.5. The van der Waals surface area contributed by atoms with E-state index in [2.05, 4.69) is 19.5 Å². The second-order valence-electron chi connectivity index (χ2n) is 7.13. The monoisotopic (exact) mass is 376 g/mol. The number of sulfonamides is 1. The molecule has 1 aliphatic carbocycles. The summed E-state index contributed by atoms with van der Waals surface area (Å²) in [5.41, 5.74) is 1.96. The van der Waals surface area contributed by atoms with E-state index in [4.69, 9.17) is 4.74 Å². The maximum absolute atomic E-state index is 13.0. The van der Waals surface area contributed by atoms with Gasteiger partial charge in [-0.05, 0) is 61.8 Å². The van der Waals surface area contributed by atoms with Gasteiger partial charge in [-0.2, -0.15) is 0 Å². The Morgan fingerprint density at radius 1 is 1.23 bits per heavy atom. The minimum atomic E-state index is -3.55. The minimum Gasteiger partial charge on any atom is -0.496 e. The van der Waals surface area contributed by atoms with Gasteiger partial charge in [-0.15, -0.1) is 10.2 Å². The quantitative estimate of drug-likeness (QED) is 0.857. The zero-order valence-corrected chi connectivity index (χ0v) is 16.0. The highest BCUT2D eigenvalue weighted by Gasteiger charge is 2.28. The summed E-state index contributed by atoms with van der Waals surface area (Å²) in [5, 5.41) is 8.20. The molecule has 0 saturated carbocycles. The number of ether oxygens (including phenoxy) is 1. The summed E-state index contributed by atoms with van der Waals surface area (Å²) >= 11 is 0. The van der Waals surface area contributed by atoms with Crippen molar-refractivity contribution >= 4 is 10.0 Å².